The van der Waals surface area contributed by atoms with Crippen molar-refractivity contribution in [3.05, 3.63) is 46.9 Å². The molecule has 0 saturated carbocycles. The predicted octanol–water partition coefficient (Wildman–Crippen LogP) is 9.00. The molecule has 6 nitrogen and oxygen atoms in total. The fourth-order valence-corrected chi connectivity index (χ4v) is 5.53. The molecule has 0 bridgehead atoms. The fourth-order valence-electron chi connectivity index (χ4n) is 5.53. The van der Waals surface area contributed by atoms with E-state index in [1.165, 1.54) is 36.9 Å². The van der Waals surface area contributed by atoms with E-state index in [1.807, 2.05) is 54.7 Å². The number of unbranched alkanes of at least 4 members (excludes halogenated alkanes) is 4. The number of hydrogen-bond donors (Lipinski definition) is 1. The van der Waals surface area contributed by atoms with Crippen molar-refractivity contribution in [3.8, 4) is 11.1 Å². The molecule has 0 unspecified atom stereocenters. The summed E-state index contributed by atoms with van der Waals surface area (Å²) in [6.07, 6.45) is 9.85. The van der Waals surface area contributed by atoms with E-state index >= 15 is 0 Å². The van der Waals surface area contributed by atoms with Gasteiger partial charge in [0.05, 0.1) is 6.20 Å². The van der Waals surface area contributed by atoms with Crippen molar-refractivity contribution >= 4 is 11.5 Å². The molecule has 4 heterocycles. The summed E-state index contributed by atoms with van der Waals surface area (Å²) in [6, 6.07) is 3.66. The zero-order chi connectivity index (χ0) is 30.4. The quantitative estimate of drug-likeness (QED) is 0.260. The van der Waals surface area contributed by atoms with Gasteiger partial charge in [0.2, 0.25) is 0 Å². The lowest BCUT2D eigenvalue weighted by Crippen LogP contribution is -2.29. The summed E-state index contributed by atoms with van der Waals surface area (Å²) in [6.45, 7) is 17.7. The van der Waals surface area contributed by atoms with Crippen LogP contribution in [0.5, 0.6) is 0 Å². The third-order valence-electron chi connectivity index (χ3n) is 7.34. The number of hydrogen-bond acceptors (Lipinski definition) is 4. The monoisotopic (exact) mass is 572 g/mol. The van der Waals surface area contributed by atoms with Gasteiger partial charge in [-0.1, -0.05) is 74.1 Å². The summed E-state index contributed by atoms with van der Waals surface area (Å²) in [5.41, 5.74) is 5.89. The molecule has 0 fully saturated rings. The highest BCUT2D eigenvalue weighted by Gasteiger charge is 2.30. The lowest BCUT2D eigenvalue weighted by Gasteiger charge is -2.32. The topological polar surface area (TPSA) is 50.9 Å². The Morgan fingerprint density at radius 1 is 0.976 bits per heavy atom. The van der Waals surface area contributed by atoms with E-state index in [1.54, 1.807) is 23.1 Å². The van der Waals surface area contributed by atoms with Crippen LogP contribution in [0.3, 0.4) is 0 Å². The molecule has 3 aromatic rings. The first kappa shape index (κ1) is 34.5. The summed E-state index contributed by atoms with van der Waals surface area (Å²) in [7, 11) is 1.81. The van der Waals surface area contributed by atoms with Gasteiger partial charge in [0.25, 0.3) is 6.43 Å². The molecule has 0 amide bonds. The van der Waals surface area contributed by atoms with Gasteiger partial charge in [-0.3, -0.25) is 9.36 Å². The van der Waals surface area contributed by atoms with E-state index in [0.29, 0.717) is 5.56 Å². The van der Waals surface area contributed by atoms with E-state index in [0.717, 1.165) is 74.5 Å². The van der Waals surface area contributed by atoms with Gasteiger partial charge in [-0.25, -0.2) is 8.78 Å². The van der Waals surface area contributed by atoms with Crippen molar-refractivity contribution in [1.29, 1.82) is 0 Å². The number of aryl methyl sites for hydroxylation is 3. The molecule has 2 aromatic heterocycles. The molecule has 230 valence electrons. The Hall–Kier alpha value is -2.74. The van der Waals surface area contributed by atoms with Gasteiger partial charge in [-0.15, -0.1) is 0 Å². The van der Waals surface area contributed by atoms with Gasteiger partial charge in [-0.05, 0) is 42.5 Å². The second-order valence-electron chi connectivity index (χ2n) is 9.84. The molecule has 5 rings (SSSR count). The van der Waals surface area contributed by atoms with Gasteiger partial charge in [0.15, 0.2) is 5.82 Å². The minimum absolute atomic E-state index is 0.0611. The van der Waals surface area contributed by atoms with Crippen LogP contribution in [0.4, 0.5) is 20.3 Å². The maximum atomic E-state index is 14.2. The SMILES string of the molecule is CC.CC.CC.CCCCCCCn1nc(N2CCCc3cc(-c4cnn(C)c4)c(C(F)F)cc32)c2c1CCNC2. The Bertz CT molecular complexity index is 1170. The van der Waals surface area contributed by atoms with Crippen LogP contribution in [0, 0.1) is 0 Å². The van der Waals surface area contributed by atoms with Crippen LogP contribution < -0.4 is 10.2 Å². The Morgan fingerprint density at radius 2 is 1.71 bits per heavy atom. The average Bonchev–Trinajstić information content (AvgIpc) is 3.62. The van der Waals surface area contributed by atoms with E-state index < -0.39 is 6.43 Å². The number of rotatable bonds is 9. The second kappa shape index (κ2) is 17.9. The van der Waals surface area contributed by atoms with Crippen molar-refractivity contribution in [1.82, 2.24) is 24.9 Å². The maximum absolute atomic E-state index is 14.2. The number of anilines is 2. The summed E-state index contributed by atoms with van der Waals surface area (Å²) in [5, 5.41) is 12.8. The van der Waals surface area contributed by atoms with Gasteiger partial charge in [-0.2, -0.15) is 10.2 Å². The Labute approximate surface area is 247 Å². The second-order valence-corrected chi connectivity index (χ2v) is 9.84. The predicted molar refractivity (Wildman–Crippen MR) is 169 cm³/mol. The zero-order valence-corrected chi connectivity index (χ0v) is 26.9. The first-order valence-electron chi connectivity index (χ1n) is 16.1. The largest absolute Gasteiger partial charge is 0.324 e. The van der Waals surface area contributed by atoms with Gasteiger partial charge < -0.3 is 10.2 Å². The van der Waals surface area contributed by atoms with Crippen molar-refractivity contribution < 1.29 is 8.78 Å². The Morgan fingerprint density at radius 3 is 2.37 bits per heavy atom. The van der Waals surface area contributed by atoms with Crippen LogP contribution in [0.2, 0.25) is 0 Å². The molecule has 0 radical (unpaired) electrons. The number of aromatic nitrogens is 4. The summed E-state index contributed by atoms with van der Waals surface area (Å²) in [4.78, 5) is 2.19. The summed E-state index contributed by atoms with van der Waals surface area (Å²) < 4.78 is 32.4. The van der Waals surface area contributed by atoms with E-state index in [9.17, 15) is 8.78 Å². The van der Waals surface area contributed by atoms with Crippen LogP contribution in [-0.4, -0.2) is 32.7 Å². The number of halogens is 2. The molecule has 8 heteroatoms. The number of alkyl halides is 2. The van der Waals surface area contributed by atoms with Crippen LogP contribution in [0.15, 0.2) is 24.5 Å². The Balaban J connectivity index is 0.000000921. The highest BCUT2D eigenvalue weighted by molar-refractivity contribution is 5.76. The Kier molecular flexibility index (Phi) is 15.1. The van der Waals surface area contributed by atoms with Gasteiger partial charge in [0.1, 0.15) is 0 Å². The van der Waals surface area contributed by atoms with Crippen molar-refractivity contribution in [2.45, 2.75) is 119 Å². The van der Waals surface area contributed by atoms with Crippen molar-refractivity contribution in [2.24, 2.45) is 7.05 Å². The van der Waals surface area contributed by atoms with Crippen molar-refractivity contribution in [3.63, 3.8) is 0 Å². The molecule has 41 heavy (non-hydrogen) atoms. The minimum atomic E-state index is -2.56. The molecule has 0 atom stereocenters. The van der Waals surface area contributed by atoms with Gasteiger partial charge >= 0.3 is 0 Å². The summed E-state index contributed by atoms with van der Waals surface area (Å²) >= 11 is 0. The fraction of sp³-hybridized carbons (Fsp3) is 0.636. The molecule has 1 N–H and O–H groups in total. The standard InChI is InChI=1S/C27H36F2N6.3C2H6/c1-3-4-5-6-7-13-35-24-10-11-30-17-23(24)27(32-35)34-12-8-9-19-14-21(20-16-31-33(2)18-20)22(26(28)29)15-25(19)34;3*1-2/h14-16,18,26,30H,3-13,17H2,1-2H3;3*1-2H3. The highest BCUT2D eigenvalue weighted by atomic mass is 19.3. The minimum Gasteiger partial charge on any atom is -0.324 e. The van der Waals surface area contributed by atoms with Crippen LogP contribution in [0.25, 0.3) is 11.1 Å². The third kappa shape index (κ3) is 8.40. The molecule has 0 saturated heterocycles. The van der Waals surface area contributed by atoms with Crippen LogP contribution in [0.1, 0.15) is 116 Å². The number of nitrogens with one attached hydrogen (secondary N) is 1. The number of nitrogens with zero attached hydrogens (tertiary/aromatic N) is 5. The van der Waals surface area contributed by atoms with E-state index in [4.69, 9.17) is 5.10 Å². The van der Waals surface area contributed by atoms with Crippen LogP contribution in [-0.2, 0) is 33.0 Å². The molecule has 0 spiro atoms. The van der Waals surface area contributed by atoms with Gasteiger partial charge in [0, 0.05) is 73.9 Å². The first-order chi connectivity index (χ1) is 20.1. The molecule has 2 aliphatic heterocycles. The zero-order valence-electron chi connectivity index (χ0n) is 26.9. The average molecular weight is 573 g/mol. The number of benzene rings is 1. The van der Waals surface area contributed by atoms with Crippen molar-refractivity contribution in [2.75, 3.05) is 18.0 Å². The molecule has 0 aliphatic carbocycles. The first-order valence-corrected chi connectivity index (χ1v) is 16.1. The van der Waals surface area contributed by atoms with E-state index in [-0.39, 0.29) is 5.56 Å². The summed E-state index contributed by atoms with van der Waals surface area (Å²) in [5.74, 6) is 0.941. The lowest BCUT2D eigenvalue weighted by atomic mass is 9.93. The normalized spacial score (nSPS) is 13.7. The van der Waals surface area contributed by atoms with E-state index in [2.05, 4.69) is 26.9 Å². The molecule has 1 aromatic carbocycles. The molecular weight excluding hydrogens is 518 g/mol. The lowest BCUT2D eigenvalue weighted by molar-refractivity contribution is 0.152. The maximum Gasteiger partial charge on any atom is 0.264 e. The van der Waals surface area contributed by atoms with Crippen LogP contribution >= 0.6 is 0 Å². The molecule has 2 aliphatic rings. The molecular formula is C33H54F2N6. The third-order valence-corrected chi connectivity index (χ3v) is 7.34. The smallest absolute Gasteiger partial charge is 0.264 e. The number of fused-ring (bicyclic) bond motifs is 2. The highest BCUT2D eigenvalue weighted by Crippen LogP contribution is 2.42.